The van der Waals surface area contributed by atoms with Gasteiger partial charge in [0.1, 0.15) is 19.0 Å². The number of carbonyl (C=O) groups is 2. The molecule has 170 valence electrons. The van der Waals surface area contributed by atoms with Gasteiger partial charge in [0.05, 0.1) is 5.69 Å². The molecule has 0 saturated carbocycles. The summed E-state index contributed by atoms with van der Waals surface area (Å²) in [7, 11) is 0. The molecule has 1 saturated heterocycles. The van der Waals surface area contributed by atoms with Crippen LogP contribution in [0.1, 0.15) is 0 Å². The summed E-state index contributed by atoms with van der Waals surface area (Å²) in [6, 6.07) is 25.3. The maximum Gasteiger partial charge on any atom is 0.257 e. The summed E-state index contributed by atoms with van der Waals surface area (Å²) in [4.78, 5) is 30.8. The van der Waals surface area contributed by atoms with Crippen molar-refractivity contribution in [2.45, 2.75) is 0 Å². The highest BCUT2D eigenvalue weighted by molar-refractivity contribution is 6.01. The summed E-state index contributed by atoms with van der Waals surface area (Å²) >= 11 is 0. The van der Waals surface area contributed by atoms with Crippen molar-refractivity contribution in [3.8, 4) is 0 Å². The first kappa shape index (κ1) is 22.5. The van der Waals surface area contributed by atoms with Crippen LogP contribution in [0.5, 0.6) is 0 Å². The summed E-state index contributed by atoms with van der Waals surface area (Å²) in [6.45, 7) is 1.64. The Labute approximate surface area is 192 Å². The van der Waals surface area contributed by atoms with Gasteiger partial charge in [-0.1, -0.05) is 48.5 Å². The van der Waals surface area contributed by atoms with E-state index in [9.17, 15) is 14.0 Å². The summed E-state index contributed by atoms with van der Waals surface area (Å²) in [5.74, 6) is -0.702. The minimum atomic E-state index is -0.263. The maximum absolute atomic E-state index is 14.0. The molecule has 0 aromatic heterocycles. The first-order valence-electron chi connectivity index (χ1n) is 10.9. The minimum absolute atomic E-state index is 0.178. The SMILES string of the molecule is O=C(COCC(=O)N(c1ccccc1)c1ccccc1)N1CCN(c2ccccc2F)CC1. The van der Waals surface area contributed by atoms with E-state index in [2.05, 4.69) is 0 Å². The molecule has 7 heteroatoms. The summed E-state index contributed by atoms with van der Waals surface area (Å²) in [6.07, 6.45) is 0. The van der Waals surface area contributed by atoms with Gasteiger partial charge in [-0.25, -0.2) is 4.39 Å². The average molecular weight is 448 g/mol. The standard InChI is InChI=1S/C26H26FN3O3/c27-23-13-7-8-14-24(23)28-15-17-29(18-16-28)25(31)19-33-20-26(32)30(21-9-3-1-4-10-21)22-11-5-2-6-12-22/h1-14H,15-20H2. The van der Waals surface area contributed by atoms with Crippen molar-refractivity contribution < 1.29 is 18.7 Å². The molecular formula is C26H26FN3O3. The molecule has 1 heterocycles. The number of benzene rings is 3. The molecule has 3 aromatic carbocycles. The number of nitrogens with zero attached hydrogens (tertiary/aromatic N) is 3. The number of amides is 2. The van der Waals surface area contributed by atoms with E-state index >= 15 is 0 Å². The van der Waals surface area contributed by atoms with Crippen LogP contribution in [0.15, 0.2) is 84.9 Å². The van der Waals surface area contributed by atoms with Crippen molar-refractivity contribution in [1.29, 1.82) is 0 Å². The zero-order chi connectivity index (χ0) is 23.0. The van der Waals surface area contributed by atoms with E-state index in [1.54, 1.807) is 28.0 Å². The van der Waals surface area contributed by atoms with Crippen molar-refractivity contribution in [1.82, 2.24) is 4.90 Å². The number of hydrogen-bond acceptors (Lipinski definition) is 4. The quantitative estimate of drug-likeness (QED) is 0.552. The van der Waals surface area contributed by atoms with Gasteiger partial charge in [0.2, 0.25) is 5.91 Å². The summed E-state index contributed by atoms with van der Waals surface area (Å²) < 4.78 is 19.5. The van der Waals surface area contributed by atoms with Gasteiger partial charge < -0.3 is 14.5 Å². The van der Waals surface area contributed by atoms with E-state index in [0.29, 0.717) is 31.9 Å². The predicted octanol–water partition coefficient (Wildman–Crippen LogP) is 3.86. The van der Waals surface area contributed by atoms with Crippen LogP contribution in [0.3, 0.4) is 0 Å². The molecular weight excluding hydrogens is 421 g/mol. The van der Waals surface area contributed by atoms with Crippen molar-refractivity contribution in [2.75, 3.05) is 49.2 Å². The fraction of sp³-hybridized carbons (Fsp3) is 0.231. The molecule has 33 heavy (non-hydrogen) atoms. The predicted molar refractivity (Wildman–Crippen MR) is 126 cm³/mol. The Bertz CT molecular complexity index is 1030. The fourth-order valence-corrected chi connectivity index (χ4v) is 3.88. The Hall–Kier alpha value is -3.71. The van der Waals surface area contributed by atoms with Crippen LogP contribution >= 0.6 is 0 Å². The Morgan fingerprint density at radius 2 is 1.30 bits per heavy atom. The van der Waals surface area contributed by atoms with Crippen molar-refractivity contribution in [3.05, 3.63) is 90.7 Å². The van der Waals surface area contributed by atoms with Crippen LogP contribution in [0, 0.1) is 5.82 Å². The van der Waals surface area contributed by atoms with Crippen molar-refractivity contribution in [2.24, 2.45) is 0 Å². The molecule has 1 aliphatic heterocycles. The molecule has 0 radical (unpaired) electrons. The Kier molecular flexibility index (Phi) is 7.32. The van der Waals surface area contributed by atoms with Crippen LogP contribution in [-0.4, -0.2) is 56.1 Å². The van der Waals surface area contributed by atoms with E-state index in [0.717, 1.165) is 11.4 Å². The molecule has 0 atom stereocenters. The summed E-state index contributed by atoms with van der Waals surface area (Å²) in [5, 5.41) is 0. The van der Waals surface area contributed by atoms with Gasteiger partial charge in [0.15, 0.2) is 0 Å². The third-order valence-corrected chi connectivity index (χ3v) is 5.55. The number of piperazine rings is 1. The molecule has 4 rings (SSSR count). The fourth-order valence-electron chi connectivity index (χ4n) is 3.88. The largest absolute Gasteiger partial charge is 0.366 e. The lowest BCUT2D eigenvalue weighted by Crippen LogP contribution is -2.50. The van der Waals surface area contributed by atoms with Crippen LogP contribution < -0.4 is 9.80 Å². The molecule has 0 unspecified atom stereocenters. The highest BCUT2D eigenvalue weighted by atomic mass is 19.1. The lowest BCUT2D eigenvalue weighted by molar-refractivity contribution is -0.138. The van der Waals surface area contributed by atoms with Crippen LogP contribution in [0.4, 0.5) is 21.5 Å². The number of anilines is 3. The number of rotatable bonds is 7. The van der Waals surface area contributed by atoms with Gasteiger partial charge in [0, 0.05) is 37.6 Å². The van der Waals surface area contributed by atoms with Crippen molar-refractivity contribution in [3.63, 3.8) is 0 Å². The van der Waals surface area contributed by atoms with Gasteiger partial charge in [-0.15, -0.1) is 0 Å². The van der Waals surface area contributed by atoms with Gasteiger partial charge in [-0.2, -0.15) is 0 Å². The summed E-state index contributed by atoms with van der Waals surface area (Å²) in [5.41, 5.74) is 2.01. The van der Waals surface area contributed by atoms with Gasteiger partial charge in [-0.05, 0) is 36.4 Å². The second-order valence-corrected chi connectivity index (χ2v) is 7.71. The molecule has 1 aliphatic rings. The Morgan fingerprint density at radius 3 is 1.88 bits per heavy atom. The van der Waals surface area contributed by atoms with E-state index in [-0.39, 0.29) is 30.8 Å². The van der Waals surface area contributed by atoms with E-state index in [4.69, 9.17) is 4.74 Å². The number of ether oxygens (including phenoxy) is 1. The lowest BCUT2D eigenvalue weighted by Gasteiger charge is -2.36. The monoisotopic (exact) mass is 447 g/mol. The van der Waals surface area contributed by atoms with Crippen molar-refractivity contribution >= 4 is 28.9 Å². The molecule has 3 aromatic rings. The lowest BCUT2D eigenvalue weighted by atomic mass is 10.2. The van der Waals surface area contributed by atoms with E-state index in [1.807, 2.05) is 65.6 Å². The van der Waals surface area contributed by atoms with Crippen LogP contribution in [-0.2, 0) is 14.3 Å². The third-order valence-electron chi connectivity index (χ3n) is 5.55. The molecule has 0 spiro atoms. The minimum Gasteiger partial charge on any atom is -0.366 e. The molecule has 0 N–H and O–H groups in total. The number of para-hydroxylation sites is 3. The first-order valence-corrected chi connectivity index (χ1v) is 10.9. The number of halogens is 1. The van der Waals surface area contributed by atoms with Crippen LogP contribution in [0.2, 0.25) is 0 Å². The Morgan fingerprint density at radius 1 is 0.758 bits per heavy atom. The number of hydrogen-bond donors (Lipinski definition) is 0. The molecule has 1 fully saturated rings. The highest BCUT2D eigenvalue weighted by Gasteiger charge is 2.24. The number of carbonyl (C=O) groups excluding carboxylic acids is 2. The van der Waals surface area contributed by atoms with Crippen LogP contribution in [0.25, 0.3) is 0 Å². The average Bonchev–Trinajstić information content (AvgIpc) is 2.86. The first-order chi connectivity index (χ1) is 16.1. The molecule has 6 nitrogen and oxygen atoms in total. The topological polar surface area (TPSA) is 53.1 Å². The highest BCUT2D eigenvalue weighted by Crippen LogP contribution is 2.25. The maximum atomic E-state index is 14.0. The normalized spacial score (nSPS) is 13.6. The zero-order valence-electron chi connectivity index (χ0n) is 18.3. The second kappa shape index (κ2) is 10.7. The molecule has 2 amide bonds. The Balaban J connectivity index is 1.30. The second-order valence-electron chi connectivity index (χ2n) is 7.71. The van der Waals surface area contributed by atoms with E-state index < -0.39 is 0 Å². The van der Waals surface area contributed by atoms with E-state index in [1.165, 1.54) is 6.07 Å². The molecule has 0 bridgehead atoms. The molecule has 0 aliphatic carbocycles. The van der Waals surface area contributed by atoms with Gasteiger partial charge in [0.25, 0.3) is 5.91 Å². The third kappa shape index (κ3) is 5.56. The van der Waals surface area contributed by atoms with Gasteiger partial charge >= 0.3 is 0 Å². The zero-order valence-corrected chi connectivity index (χ0v) is 18.3. The van der Waals surface area contributed by atoms with Gasteiger partial charge in [-0.3, -0.25) is 14.5 Å². The smallest absolute Gasteiger partial charge is 0.257 e.